The van der Waals surface area contributed by atoms with E-state index in [-0.39, 0.29) is 10.8 Å². The molecule has 3 rings (SSSR count). The maximum atomic E-state index is 5.81. The lowest BCUT2D eigenvalue weighted by Crippen LogP contribution is -2.34. The number of anilines is 1. The quantitative estimate of drug-likeness (QED) is 0.814. The SMILES string of the molecule is CN(C)C1=C(C(=S)Nc2ccccc2)C2CCC1(C)C2(C)C. The number of fused-ring (bicyclic) bond motifs is 2. The van der Waals surface area contributed by atoms with Gasteiger partial charge in [0, 0.05) is 36.5 Å². The van der Waals surface area contributed by atoms with Gasteiger partial charge in [0.15, 0.2) is 0 Å². The predicted molar refractivity (Wildman–Crippen MR) is 98.0 cm³/mol. The van der Waals surface area contributed by atoms with Gasteiger partial charge in [-0.2, -0.15) is 0 Å². The summed E-state index contributed by atoms with van der Waals surface area (Å²) in [5, 5.41) is 3.46. The molecule has 1 N–H and O–H groups in total. The van der Waals surface area contributed by atoms with Crippen LogP contribution in [0.1, 0.15) is 33.6 Å². The van der Waals surface area contributed by atoms with E-state index in [0.29, 0.717) is 5.92 Å². The molecule has 0 spiro atoms. The zero-order chi connectivity index (χ0) is 16.1. The molecule has 1 saturated carbocycles. The summed E-state index contributed by atoms with van der Waals surface area (Å²) in [5.74, 6) is 0.554. The smallest absolute Gasteiger partial charge is 0.108 e. The zero-order valence-electron chi connectivity index (χ0n) is 14.2. The summed E-state index contributed by atoms with van der Waals surface area (Å²) in [6.45, 7) is 7.24. The first-order valence-corrected chi connectivity index (χ1v) is 8.48. The lowest BCUT2D eigenvalue weighted by Gasteiger charge is -2.39. The first-order valence-electron chi connectivity index (χ1n) is 8.07. The van der Waals surface area contributed by atoms with Crippen molar-refractivity contribution in [2.75, 3.05) is 19.4 Å². The van der Waals surface area contributed by atoms with Gasteiger partial charge in [0.25, 0.3) is 0 Å². The van der Waals surface area contributed by atoms with Crippen LogP contribution >= 0.6 is 12.2 Å². The average Bonchev–Trinajstić information content (AvgIpc) is 2.79. The van der Waals surface area contributed by atoms with Crippen molar-refractivity contribution in [2.45, 2.75) is 33.6 Å². The molecule has 2 aliphatic carbocycles. The minimum absolute atomic E-state index is 0.221. The van der Waals surface area contributed by atoms with Crippen LogP contribution < -0.4 is 5.32 Å². The molecular formula is C19H26N2S. The summed E-state index contributed by atoms with van der Waals surface area (Å²) in [5.41, 5.74) is 4.36. The van der Waals surface area contributed by atoms with Crippen molar-refractivity contribution in [1.82, 2.24) is 4.90 Å². The van der Waals surface area contributed by atoms with Crippen LogP contribution in [0, 0.1) is 16.7 Å². The van der Waals surface area contributed by atoms with Crippen LogP contribution in [0.15, 0.2) is 41.6 Å². The second-order valence-corrected chi connectivity index (χ2v) is 8.03. The van der Waals surface area contributed by atoms with E-state index >= 15 is 0 Å². The topological polar surface area (TPSA) is 15.3 Å². The summed E-state index contributed by atoms with van der Waals surface area (Å²) in [6, 6.07) is 10.3. The molecule has 2 unspecified atom stereocenters. The fourth-order valence-corrected chi connectivity index (χ4v) is 4.97. The summed E-state index contributed by atoms with van der Waals surface area (Å²) in [7, 11) is 4.31. The minimum atomic E-state index is 0.221. The molecule has 3 heteroatoms. The van der Waals surface area contributed by atoms with Gasteiger partial charge in [0.05, 0.1) is 0 Å². The van der Waals surface area contributed by atoms with Crippen LogP contribution in [0.4, 0.5) is 5.69 Å². The van der Waals surface area contributed by atoms with Crippen LogP contribution in [0.2, 0.25) is 0 Å². The molecule has 0 saturated heterocycles. The molecule has 2 aliphatic rings. The van der Waals surface area contributed by atoms with Crippen LogP contribution in [0.25, 0.3) is 0 Å². The van der Waals surface area contributed by atoms with Gasteiger partial charge >= 0.3 is 0 Å². The Balaban J connectivity index is 2.00. The highest BCUT2D eigenvalue weighted by Gasteiger charge is 2.61. The van der Waals surface area contributed by atoms with Crippen molar-refractivity contribution in [3.05, 3.63) is 41.6 Å². The Kier molecular flexibility index (Phi) is 3.59. The van der Waals surface area contributed by atoms with Gasteiger partial charge in [0.2, 0.25) is 0 Å². The third kappa shape index (κ3) is 2.02. The van der Waals surface area contributed by atoms with E-state index in [4.69, 9.17) is 12.2 Å². The molecule has 1 aromatic rings. The molecule has 22 heavy (non-hydrogen) atoms. The summed E-state index contributed by atoms with van der Waals surface area (Å²) >= 11 is 5.81. The Hall–Kier alpha value is -1.35. The molecule has 0 radical (unpaired) electrons. The number of benzene rings is 1. The largest absolute Gasteiger partial charge is 0.380 e. The van der Waals surface area contributed by atoms with Gasteiger partial charge in [-0.05, 0) is 36.3 Å². The standard InChI is InChI=1S/C19H26N2S/c1-18(2)14-11-12-19(18,3)16(21(4)5)15(14)17(22)20-13-9-7-6-8-10-13/h6-10,14H,11-12H2,1-5H3,(H,20,22). The Morgan fingerprint density at radius 2 is 1.82 bits per heavy atom. The average molecular weight is 314 g/mol. The van der Waals surface area contributed by atoms with E-state index in [1.807, 2.05) is 18.2 Å². The molecule has 1 aromatic carbocycles. The predicted octanol–water partition coefficient (Wildman–Crippen LogP) is 4.70. The van der Waals surface area contributed by atoms with Gasteiger partial charge in [0.1, 0.15) is 4.99 Å². The van der Waals surface area contributed by atoms with Gasteiger partial charge < -0.3 is 10.2 Å². The number of nitrogens with zero attached hydrogens (tertiary/aromatic N) is 1. The van der Waals surface area contributed by atoms with Gasteiger partial charge in [-0.15, -0.1) is 0 Å². The maximum absolute atomic E-state index is 5.81. The molecule has 0 aliphatic heterocycles. The second-order valence-electron chi connectivity index (χ2n) is 7.62. The number of rotatable bonds is 3. The number of allylic oxidation sites excluding steroid dienone is 1. The molecule has 118 valence electrons. The fourth-order valence-electron chi connectivity index (χ4n) is 4.61. The summed E-state index contributed by atoms with van der Waals surface area (Å²) < 4.78 is 0. The monoisotopic (exact) mass is 314 g/mol. The highest BCUT2D eigenvalue weighted by atomic mass is 32.1. The van der Waals surface area contributed by atoms with Gasteiger partial charge in [-0.25, -0.2) is 0 Å². The number of para-hydroxylation sites is 1. The van der Waals surface area contributed by atoms with Crippen LogP contribution in [-0.2, 0) is 0 Å². The Labute approximate surface area is 139 Å². The van der Waals surface area contributed by atoms with Crippen LogP contribution in [-0.4, -0.2) is 24.0 Å². The highest BCUT2D eigenvalue weighted by molar-refractivity contribution is 7.81. The van der Waals surface area contributed by atoms with Gasteiger partial charge in [-0.1, -0.05) is 51.2 Å². The van der Waals surface area contributed by atoms with Crippen molar-refractivity contribution < 1.29 is 0 Å². The summed E-state index contributed by atoms with van der Waals surface area (Å²) in [6.07, 6.45) is 2.50. The van der Waals surface area contributed by atoms with Crippen LogP contribution in [0.3, 0.4) is 0 Å². The Morgan fingerprint density at radius 3 is 2.41 bits per heavy atom. The molecule has 2 bridgehead atoms. The van der Waals surface area contributed by atoms with E-state index in [2.05, 4.69) is 57.2 Å². The van der Waals surface area contributed by atoms with Crippen molar-refractivity contribution in [1.29, 1.82) is 0 Å². The van der Waals surface area contributed by atoms with Crippen molar-refractivity contribution in [3.8, 4) is 0 Å². The van der Waals surface area contributed by atoms with E-state index in [1.165, 1.54) is 24.1 Å². The molecule has 1 fully saturated rings. The third-order valence-corrected chi connectivity index (χ3v) is 6.40. The zero-order valence-corrected chi connectivity index (χ0v) is 15.1. The van der Waals surface area contributed by atoms with E-state index in [9.17, 15) is 0 Å². The van der Waals surface area contributed by atoms with E-state index in [0.717, 1.165) is 10.7 Å². The molecule has 2 atom stereocenters. The molecule has 0 heterocycles. The maximum Gasteiger partial charge on any atom is 0.108 e. The first-order chi connectivity index (χ1) is 10.3. The van der Waals surface area contributed by atoms with E-state index < -0.39 is 0 Å². The fraction of sp³-hybridized carbons (Fsp3) is 0.526. The number of nitrogens with one attached hydrogen (secondary N) is 1. The minimum Gasteiger partial charge on any atom is -0.380 e. The lowest BCUT2D eigenvalue weighted by molar-refractivity contribution is 0.145. The molecule has 2 nitrogen and oxygen atoms in total. The lowest BCUT2D eigenvalue weighted by atomic mass is 9.69. The second kappa shape index (κ2) is 5.09. The normalized spacial score (nSPS) is 28.9. The van der Waals surface area contributed by atoms with Crippen molar-refractivity contribution in [3.63, 3.8) is 0 Å². The number of hydrogen-bond acceptors (Lipinski definition) is 2. The number of thiocarbonyl (C=S) groups is 1. The first kappa shape index (κ1) is 15.5. The summed E-state index contributed by atoms with van der Waals surface area (Å²) in [4.78, 5) is 3.19. The molecule has 0 aromatic heterocycles. The van der Waals surface area contributed by atoms with E-state index in [1.54, 1.807) is 0 Å². The highest BCUT2D eigenvalue weighted by Crippen LogP contribution is 2.68. The van der Waals surface area contributed by atoms with Crippen molar-refractivity contribution in [2.24, 2.45) is 16.7 Å². The third-order valence-electron chi connectivity index (χ3n) is 6.08. The number of hydrogen-bond donors (Lipinski definition) is 1. The van der Waals surface area contributed by atoms with Crippen molar-refractivity contribution >= 4 is 22.9 Å². The Morgan fingerprint density at radius 1 is 1.18 bits per heavy atom. The van der Waals surface area contributed by atoms with Crippen LogP contribution in [0.5, 0.6) is 0 Å². The molecule has 0 amide bonds. The Bertz CT molecular complexity index is 630. The van der Waals surface area contributed by atoms with Gasteiger partial charge in [-0.3, -0.25) is 0 Å². The molecular weight excluding hydrogens is 288 g/mol.